The minimum atomic E-state index is -0.125. The van der Waals surface area contributed by atoms with E-state index in [1.807, 2.05) is 0 Å². The van der Waals surface area contributed by atoms with E-state index in [1.165, 1.54) is 6.42 Å². The van der Waals surface area contributed by atoms with Gasteiger partial charge in [-0.25, -0.2) is 0 Å². The molecule has 0 aromatic carbocycles. The minimum Gasteiger partial charge on any atom is -0.462 e. The quantitative estimate of drug-likeness (QED) is 0.466. The summed E-state index contributed by atoms with van der Waals surface area (Å²) in [7, 11) is 3.60. The summed E-state index contributed by atoms with van der Waals surface area (Å²) >= 11 is 0. The summed E-state index contributed by atoms with van der Waals surface area (Å²) in [5.74, 6) is 0. The van der Waals surface area contributed by atoms with Crippen LogP contribution in [0.1, 0.15) is 19.3 Å². The van der Waals surface area contributed by atoms with Gasteiger partial charge in [0.2, 0.25) is 0 Å². The van der Waals surface area contributed by atoms with Crippen molar-refractivity contribution in [3.05, 3.63) is 7.05 Å². The second-order valence-corrected chi connectivity index (χ2v) is 2.33. The Morgan fingerprint density at radius 2 is 2.25 bits per heavy atom. The van der Waals surface area contributed by atoms with Crippen molar-refractivity contribution in [1.82, 2.24) is 0 Å². The molecule has 0 bridgehead atoms. The molecule has 1 saturated carbocycles. The molecule has 0 atom stereocenters. The molecule has 0 amide bonds. The average molecular weight is 110 g/mol. The standard InChI is InChI=1S/C6H10N2/c1-8-6(5-7)3-2-4-6/h1-4,8H2. The molecule has 2 heteroatoms. The van der Waals surface area contributed by atoms with E-state index in [2.05, 4.69) is 13.1 Å². The number of rotatable bonds is 1. The van der Waals surface area contributed by atoms with Gasteiger partial charge in [-0.2, -0.15) is 12.3 Å². The van der Waals surface area contributed by atoms with E-state index in [-0.39, 0.29) is 5.54 Å². The number of hydrogen-bond acceptors (Lipinski definition) is 1. The van der Waals surface area contributed by atoms with Gasteiger partial charge in [0.1, 0.15) is 6.07 Å². The van der Waals surface area contributed by atoms with Crippen molar-refractivity contribution in [3.63, 3.8) is 0 Å². The van der Waals surface area contributed by atoms with Crippen LogP contribution in [0, 0.1) is 18.4 Å². The lowest BCUT2D eigenvalue weighted by Crippen LogP contribution is -2.93. The molecule has 0 spiro atoms. The summed E-state index contributed by atoms with van der Waals surface area (Å²) in [6.45, 7) is 0. The third-order valence-corrected chi connectivity index (χ3v) is 1.86. The molecule has 2 N–H and O–H groups in total. The Bertz CT molecular complexity index is 113. The van der Waals surface area contributed by atoms with Crippen molar-refractivity contribution in [3.8, 4) is 6.07 Å². The molecule has 2 nitrogen and oxygen atoms in total. The fraction of sp³-hybridized carbons (Fsp3) is 0.667. The molecule has 0 heterocycles. The highest BCUT2D eigenvalue weighted by atomic mass is 15.0. The van der Waals surface area contributed by atoms with Crippen LogP contribution < -0.4 is 5.32 Å². The maximum atomic E-state index is 8.52. The summed E-state index contributed by atoms with van der Waals surface area (Å²) in [4.78, 5) is 0. The lowest BCUT2D eigenvalue weighted by molar-refractivity contribution is -0.673. The highest BCUT2D eigenvalue weighted by Gasteiger charge is 2.37. The van der Waals surface area contributed by atoms with Crippen molar-refractivity contribution >= 4 is 0 Å². The van der Waals surface area contributed by atoms with Crippen molar-refractivity contribution in [2.45, 2.75) is 24.8 Å². The summed E-state index contributed by atoms with van der Waals surface area (Å²) < 4.78 is 0. The molecule has 0 aliphatic heterocycles. The number of nitriles is 1. The average Bonchev–Trinajstić information content (AvgIpc) is 1.67. The fourth-order valence-corrected chi connectivity index (χ4v) is 0.919. The number of nitrogens with two attached hydrogens (primary N) is 1. The van der Waals surface area contributed by atoms with Gasteiger partial charge in [0.25, 0.3) is 0 Å². The predicted octanol–water partition coefficient (Wildman–Crippen LogP) is -0.212. The first-order valence-corrected chi connectivity index (χ1v) is 2.88. The van der Waals surface area contributed by atoms with Crippen LogP contribution in [-0.4, -0.2) is 5.54 Å². The summed E-state index contributed by atoms with van der Waals surface area (Å²) in [6.07, 6.45) is 3.24. The van der Waals surface area contributed by atoms with Gasteiger partial charge >= 0.3 is 0 Å². The molecule has 1 aliphatic carbocycles. The van der Waals surface area contributed by atoms with Crippen LogP contribution in [0.3, 0.4) is 0 Å². The Morgan fingerprint density at radius 3 is 2.25 bits per heavy atom. The van der Waals surface area contributed by atoms with Crippen LogP contribution in [-0.2, 0) is 0 Å². The monoisotopic (exact) mass is 110 g/mol. The fourth-order valence-electron chi connectivity index (χ4n) is 0.919. The maximum absolute atomic E-state index is 8.52. The molecule has 8 heavy (non-hydrogen) atoms. The van der Waals surface area contributed by atoms with Gasteiger partial charge in [-0.1, -0.05) is 0 Å². The molecule has 0 unspecified atom stereocenters. The largest absolute Gasteiger partial charge is 0.462 e. The zero-order valence-electron chi connectivity index (χ0n) is 4.85. The van der Waals surface area contributed by atoms with Gasteiger partial charge in [-0.15, -0.1) is 0 Å². The molecule has 1 rings (SSSR count). The molecular weight excluding hydrogens is 100 g/mol. The first kappa shape index (κ1) is 5.58. The molecule has 1 fully saturated rings. The van der Waals surface area contributed by atoms with Crippen LogP contribution >= 0.6 is 0 Å². The number of nitrogens with zero attached hydrogens (tertiary/aromatic N) is 1. The molecule has 1 aliphatic rings. The highest BCUT2D eigenvalue weighted by Crippen LogP contribution is 2.26. The summed E-state index contributed by atoms with van der Waals surface area (Å²) in [5.41, 5.74) is -0.125. The van der Waals surface area contributed by atoms with Crippen molar-refractivity contribution in [1.29, 1.82) is 5.26 Å². The van der Waals surface area contributed by atoms with Crippen molar-refractivity contribution in [2.24, 2.45) is 0 Å². The van der Waals surface area contributed by atoms with Gasteiger partial charge in [-0.05, 0) is 6.42 Å². The third kappa shape index (κ3) is 0.597. The Labute approximate surface area is 49.5 Å². The van der Waals surface area contributed by atoms with E-state index >= 15 is 0 Å². The van der Waals surface area contributed by atoms with Crippen LogP contribution in [0.15, 0.2) is 0 Å². The van der Waals surface area contributed by atoms with E-state index in [1.54, 1.807) is 5.32 Å². The molecule has 0 aromatic rings. The lowest BCUT2D eigenvalue weighted by Gasteiger charge is -2.33. The maximum Gasteiger partial charge on any atom is 0.159 e. The van der Waals surface area contributed by atoms with E-state index in [0.29, 0.717) is 0 Å². The molecule has 0 aromatic heterocycles. The van der Waals surface area contributed by atoms with Gasteiger partial charge in [0, 0.05) is 12.8 Å². The van der Waals surface area contributed by atoms with E-state index in [9.17, 15) is 0 Å². The van der Waals surface area contributed by atoms with Crippen LogP contribution in [0.4, 0.5) is 0 Å². The normalized spacial score (nSPS) is 23.5. The Morgan fingerprint density at radius 1 is 1.62 bits per heavy atom. The van der Waals surface area contributed by atoms with Gasteiger partial charge in [0.05, 0.1) is 0 Å². The zero-order chi connectivity index (χ0) is 6.04. The SMILES string of the molecule is [CH2-][NH2+]C1(C#N)CCC1. The van der Waals surface area contributed by atoms with E-state index in [0.717, 1.165) is 12.8 Å². The highest BCUT2D eigenvalue weighted by molar-refractivity contribution is 5.05. The lowest BCUT2D eigenvalue weighted by atomic mass is 9.78. The van der Waals surface area contributed by atoms with Gasteiger partial charge in [0.15, 0.2) is 5.54 Å². The second kappa shape index (κ2) is 1.75. The molecule has 0 radical (unpaired) electrons. The second-order valence-electron chi connectivity index (χ2n) is 2.33. The Kier molecular flexibility index (Phi) is 1.22. The molecular formula is C6H10N2. The number of hydrogen-bond donors (Lipinski definition) is 1. The zero-order valence-corrected chi connectivity index (χ0v) is 4.85. The topological polar surface area (TPSA) is 40.4 Å². The van der Waals surface area contributed by atoms with Crippen molar-refractivity contribution in [2.75, 3.05) is 0 Å². The van der Waals surface area contributed by atoms with Crippen molar-refractivity contribution < 1.29 is 5.32 Å². The predicted molar refractivity (Wildman–Crippen MR) is 29.5 cm³/mol. The van der Waals surface area contributed by atoms with E-state index < -0.39 is 0 Å². The summed E-state index contributed by atoms with van der Waals surface area (Å²) in [6, 6.07) is 2.25. The van der Waals surface area contributed by atoms with Gasteiger partial charge in [-0.3, -0.25) is 0 Å². The van der Waals surface area contributed by atoms with Gasteiger partial charge < -0.3 is 5.32 Å². The Hall–Kier alpha value is -0.550. The third-order valence-electron chi connectivity index (χ3n) is 1.86. The minimum absolute atomic E-state index is 0.125. The van der Waals surface area contributed by atoms with E-state index in [4.69, 9.17) is 5.26 Å². The number of quaternary nitrogens is 1. The van der Waals surface area contributed by atoms with Crippen LogP contribution in [0.5, 0.6) is 0 Å². The van der Waals surface area contributed by atoms with Crippen LogP contribution in [0.25, 0.3) is 0 Å². The first-order chi connectivity index (χ1) is 3.83. The molecule has 0 saturated heterocycles. The van der Waals surface area contributed by atoms with Crippen LogP contribution in [0.2, 0.25) is 0 Å². The smallest absolute Gasteiger partial charge is 0.159 e. The molecule has 44 valence electrons. The first-order valence-electron chi connectivity index (χ1n) is 2.88. The Balaban J connectivity index is 2.49. The summed E-state index contributed by atoms with van der Waals surface area (Å²) in [5, 5.41) is 10.3.